The Kier molecular flexibility index (Phi) is 5.08. The highest BCUT2D eigenvalue weighted by molar-refractivity contribution is 9.10. The van der Waals surface area contributed by atoms with Gasteiger partial charge in [0.15, 0.2) is 6.61 Å². The molecule has 3 rings (SSSR count). The van der Waals surface area contributed by atoms with E-state index in [0.717, 1.165) is 17.7 Å². The largest absolute Gasteiger partial charge is 0.496 e. The second-order valence-corrected chi connectivity index (χ2v) is 6.73. The zero-order valence-corrected chi connectivity index (χ0v) is 15.6. The highest BCUT2D eigenvalue weighted by Crippen LogP contribution is 2.32. The Morgan fingerprint density at radius 2 is 2.00 bits per heavy atom. The Bertz CT molecular complexity index is 821. The van der Waals surface area contributed by atoms with Gasteiger partial charge in [0.2, 0.25) is 0 Å². The molecule has 0 N–H and O–H groups in total. The van der Waals surface area contributed by atoms with Gasteiger partial charge in [-0.1, -0.05) is 18.2 Å². The number of nitrogens with zero attached hydrogens (tertiary/aromatic N) is 1. The van der Waals surface area contributed by atoms with E-state index in [2.05, 4.69) is 15.9 Å². The molecule has 1 heterocycles. The number of methoxy groups -OCH3 is 1. The zero-order valence-electron chi connectivity index (χ0n) is 14.0. The number of esters is 1. The fourth-order valence-electron chi connectivity index (χ4n) is 3.02. The minimum absolute atomic E-state index is 0.0544. The van der Waals surface area contributed by atoms with E-state index in [1.165, 1.54) is 0 Å². The highest BCUT2D eigenvalue weighted by Gasteiger charge is 2.31. The van der Waals surface area contributed by atoms with Gasteiger partial charge in [0.05, 0.1) is 17.1 Å². The first-order valence-corrected chi connectivity index (χ1v) is 8.71. The molecule has 0 radical (unpaired) electrons. The molecule has 6 heteroatoms. The first-order chi connectivity index (χ1) is 12.0. The summed E-state index contributed by atoms with van der Waals surface area (Å²) >= 11 is 3.33. The van der Waals surface area contributed by atoms with Crippen LogP contribution < -0.4 is 9.64 Å². The SMILES string of the molecule is COc1ccc(C(=O)OCC(=O)N2c3ccccc3C[C@@H]2C)cc1Br. The van der Waals surface area contributed by atoms with Crippen LogP contribution in [0, 0.1) is 0 Å². The Morgan fingerprint density at radius 3 is 2.72 bits per heavy atom. The van der Waals surface area contributed by atoms with E-state index in [1.54, 1.807) is 30.2 Å². The van der Waals surface area contributed by atoms with Gasteiger partial charge in [-0.05, 0) is 59.1 Å². The van der Waals surface area contributed by atoms with Gasteiger partial charge < -0.3 is 14.4 Å². The van der Waals surface area contributed by atoms with E-state index in [4.69, 9.17) is 9.47 Å². The van der Waals surface area contributed by atoms with Crippen LogP contribution in [0.1, 0.15) is 22.8 Å². The molecule has 0 saturated carbocycles. The number of carbonyl (C=O) groups excluding carboxylic acids is 2. The Morgan fingerprint density at radius 1 is 1.24 bits per heavy atom. The van der Waals surface area contributed by atoms with Crippen molar-refractivity contribution in [3.63, 3.8) is 0 Å². The Labute approximate surface area is 154 Å². The predicted octanol–water partition coefficient (Wildman–Crippen LogP) is 3.59. The number of anilines is 1. The van der Waals surface area contributed by atoms with E-state index < -0.39 is 5.97 Å². The molecule has 0 unspecified atom stereocenters. The molecule has 0 fully saturated rings. The molecule has 1 aliphatic heterocycles. The van der Waals surface area contributed by atoms with Crippen molar-refractivity contribution in [1.82, 2.24) is 0 Å². The third-order valence-electron chi connectivity index (χ3n) is 4.19. The van der Waals surface area contributed by atoms with Gasteiger partial charge in [0, 0.05) is 11.7 Å². The van der Waals surface area contributed by atoms with E-state index in [0.29, 0.717) is 15.8 Å². The average Bonchev–Trinajstić information content (AvgIpc) is 2.95. The quantitative estimate of drug-likeness (QED) is 0.731. The molecule has 0 aromatic heterocycles. The summed E-state index contributed by atoms with van der Waals surface area (Å²) < 4.78 is 11.0. The molecule has 1 aliphatic rings. The summed E-state index contributed by atoms with van der Waals surface area (Å²) in [5.74, 6) is -0.148. The van der Waals surface area contributed by atoms with Gasteiger partial charge in [0.25, 0.3) is 5.91 Å². The summed E-state index contributed by atoms with van der Waals surface area (Å²) in [5, 5.41) is 0. The molecule has 0 saturated heterocycles. The molecule has 2 aromatic rings. The van der Waals surface area contributed by atoms with E-state index >= 15 is 0 Å². The van der Waals surface area contributed by atoms with Gasteiger partial charge in [-0.25, -0.2) is 4.79 Å². The van der Waals surface area contributed by atoms with Crippen molar-refractivity contribution in [2.45, 2.75) is 19.4 Å². The van der Waals surface area contributed by atoms with Gasteiger partial charge in [-0.3, -0.25) is 4.79 Å². The topological polar surface area (TPSA) is 55.8 Å². The summed E-state index contributed by atoms with van der Waals surface area (Å²) in [6.45, 7) is 1.70. The minimum Gasteiger partial charge on any atom is -0.496 e. The number of rotatable bonds is 4. The maximum Gasteiger partial charge on any atom is 0.338 e. The summed E-state index contributed by atoms with van der Waals surface area (Å²) in [6.07, 6.45) is 0.807. The van der Waals surface area contributed by atoms with Crippen LogP contribution in [0.5, 0.6) is 5.75 Å². The van der Waals surface area contributed by atoms with E-state index in [-0.39, 0.29) is 18.6 Å². The van der Waals surface area contributed by atoms with Crippen LogP contribution >= 0.6 is 15.9 Å². The number of hydrogen-bond donors (Lipinski definition) is 0. The molecule has 25 heavy (non-hydrogen) atoms. The third-order valence-corrected chi connectivity index (χ3v) is 4.81. The van der Waals surface area contributed by atoms with E-state index in [1.807, 2.05) is 31.2 Å². The molecule has 1 amide bonds. The summed E-state index contributed by atoms with van der Waals surface area (Å²) in [7, 11) is 1.55. The lowest BCUT2D eigenvalue weighted by molar-refractivity contribution is -0.122. The number of carbonyl (C=O) groups is 2. The van der Waals surface area contributed by atoms with Gasteiger partial charge in [-0.15, -0.1) is 0 Å². The number of ether oxygens (including phenoxy) is 2. The number of hydrogen-bond acceptors (Lipinski definition) is 4. The molecule has 2 aromatic carbocycles. The number of halogens is 1. The lowest BCUT2D eigenvalue weighted by Crippen LogP contribution is -2.38. The first kappa shape index (κ1) is 17.5. The smallest absolute Gasteiger partial charge is 0.338 e. The van der Waals surface area contributed by atoms with Crippen molar-refractivity contribution in [2.24, 2.45) is 0 Å². The van der Waals surface area contributed by atoms with Crippen LogP contribution in [0.25, 0.3) is 0 Å². The van der Waals surface area contributed by atoms with Crippen molar-refractivity contribution >= 4 is 33.5 Å². The maximum atomic E-state index is 12.5. The van der Waals surface area contributed by atoms with Gasteiger partial charge in [0.1, 0.15) is 5.75 Å². The number of benzene rings is 2. The average molecular weight is 404 g/mol. The lowest BCUT2D eigenvalue weighted by atomic mass is 10.1. The molecule has 130 valence electrons. The number of amides is 1. The fraction of sp³-hybridized carbons (Fsp3) is 0.263. The number of para-hydroxylation sites is 1. The zero-order chi connectivity index (χ0) is 18.0. The van der Waals surface area contributed by atoms with Gasteiger partial charge in [-0.2, -0.15) is 0 Å². The summed E-state index contributed by atoms with van der Waals surface area (Å²) in [4.78, 5) is 26.4. The van der Waals surface area contributed by atoms with Crippen LogP contribution in [0.4, 0.5) is 5.69 Å². The van der Waals surface area contributed by atoms with Crippen LogP contribution in [0.3, 0.4) is 0 Å². The van der Waals surface area contributed by atoms with Crippen LogP contribution in [0.2, 0.25) is 0 Å². The summed E-state index contributed by atoms with van der Waals surface area (Å²) in [6, 6.07) is 12.7. The first-order valence-electron chi connectivity index (χ1n) is 7.92. The molecular weight excluding hydrogens is 386 g/mol. The molecule has 0 bridgehead atoms. The number of fused-ring (bicyclic) bond motifs is 1. The van der Waals surface area contributed by atoms with Crippen LogP contribution in [-0.4, -0.2) is 31.6 Å². The van der Waals surface area contributed by atoms with Gasteiger partial charge >= 0.3 is 5.97 Å². The summed E-state index contributed by atoms with van der Waals surface area (Å²) in [5.41, 5.74) is 2.38. The Hall–Kier alpha value is -2.34. The second-order valence-electron chi connectivity index (χ2n) is 5.87. The van der Waals surface area contributed by atoms with Crippen molar-refractivity contribution in [3.05, 3.63) is 58.1 Å². The fourth-order valence-corrected chi connectivity index (χ4v) is 3.56. The molecule has 5 nitrogen and oxygen atoms in total. The van der Waals surface area contributed by atoms with Crippen molar-refractivity contribution in [2.75, 3.05) is 18.6 Å². The van der Waals surface area contributed by atoms with Crippen molar-refractivity contribution in [1.29, 1.82) is 0 Å². The lowest BCUT2D eigenvalue weighted by Gasteiger charge is -2.22. The standard InChI is InChI=1S/C19H18BrNO4/c1-12-9-13-5-3-4-6-16(13)21(12)18(22)11-25-19(23)14-7-8-17(24-2)15(20)10-14/h3-8,10,12H,9,11H2,1-2H3/t12-/m0/s1. The molecular formula is C19H18BrNO4. The predicted molar refractivity (Wildman–Crippen MR) is 98.1 cm³/mol. The second kappa shape index (κ2) is 7.27. The monoisotopic (exact) mass is 403 g/mol. The molecule has 1 atom stereocenters. The minimum atomic E-state index is -0.545. The van der Waals surface area contributed by atoms with E-state index in [9.17, 15) is 9.59 Å². The third kappa shape index (κ3) is 3.54. The molecule has 0 aliphatic carbocycles. The maximum absolute atomic E-state index is 12.5. The van der Waals surface area contributed by atoms with Crippen molar-refractivity contribution < 1.29 is 19.1 Å². The normalized spacial score (nSPS) is 15.6. The highest BCUT2D eigenvalue weighted by atomic mass is 79.9. The van der Waals surface area contributed by atoms with Crippen LogP contribution in [-0.2, 0) is 16.0 Å². The van der Waals surface area contributed by atoms with Crippen molar-refractivity contribution in [3.8, 4) is 5.75 Å². The van der Waals surface area contributed by atoms with Crippen LogP contribution in [0.15, 0.2) is 46.9 Å². The molecule has 0 spiro atoms. The Balaban J connectivity index is 1.66.